The lowest BCUT2D eigenvalue weighted by atomic mass is 10.1. The molecule has 2 aromatic rings. The van der Waals surface area contributed by atoms with Gasteiger partial charge in [0.2, 0.25) is 5.17 Å². The third-order valence-electron chi connectivity index (χ3n) is 3.99. The van der Waals surface area contributed by atoms with Crippen LogP contribution in [0.25, 0.3) is 6.08 Å². The molecule has 0 saturated carbocycles. The van der Waals surface area contributed by atoms with Crippen molar-refractivity contribution < 1.29 is 4.79 Å². The summed E-state index contributed by atoms with van der Waals surface area (Å²) in [5.74, 6) is -0.383. The lowest BCUT2D eigenvalue weighted by Gasteiger charge is -2.20. The molecule has 2 heterocycles. The van der Waals surface area contributed by atoms with Gasteiger partial charge in [-0.2, -0.15) is 15.1 Å². The first-order valence-corrected chi connectivity index (χ1v) is 9.45. The zero-order chi connectivity index (χ0) is 18.3. The molecule has 0 aliphatic carbocycles. The summed E-state index contributed by atoms with van der Waals surface area (Å²) in [5.41, 5.74) is 3.11. The van der Waals surface area contributed by atoms with Crippen LogP contribution in [-0.4, -0.2) is 27.0 Å². The quantitative estimate of drug-likeness (QED) is 0.725. The summed E-state index contributed by atoms with van der Waals surface area (Å²) in [7, 11) is 0. The Morgan fingerprint density at radius 2 is 2.00 bits per heavy atom. The summed E-state index contributed by atoms with van der Waals surface area (Å²) in [4.78, 5) is 16.6. The Hall–Kier alpha value is -2.51. The van der Waals surface area contributed by atoms with Crippen molar-refractivity contribution in [2.75, 3.05) is 0 Å². The maximum atomic E-state index is 12.4. The Kier molecular flexibility index (Phi) is 4.34. The predicted molar refractivity (Wildman–Crippen MR) is 109 cm³/mol. The van der Waals surface area contributed by atoms with Gasteiger partial charge in [-0.15, -0.1) is 0 Å². The summed E-state index contributed by atoms with van der Waals surface area (Å²) < 4.78 is 0.905. The van der Waals surface area contributed by atoms with Gasteiger partial charge < -0.3 is 0 Å². The van der Waals surface area contributed by atoms with E-state index in [2.05, 4.69) is 26.0 Å². The van der Waals surface area contributed by atoms with Crippen molar-refractivity contribution in [3.8, 4) is 0 Å². The minimum Gasteiger partial charge on any atom is -0.282 e. The van der Waals surface area contributed by atoms with Gasteiger partial charge in [0.15, 0.2) is 5.84 Å². The third kappa shape index (κ3) is 3.04. The molecule has 0 fully saturated rings. The maximum absolute atomic E-state index is 12.4. The topological polar surface area (TPSA) is 68.9 Å². The van der Waals surface area contributed by atoms with E-state index in [1.54, 1.807) is 6.08 Å². The van der Waals surface area contributed by atoms with Crippen LogP contribution in [0.5, 0.6) is 0 Å². The van der Waals surface area contributed by atoms with Crippen molar-refractivity contribution in [3.63, 3.8) is 0 Å². The number of hydrazone groups is 1. The van der Waals surface area contributed by atoms with E-state index < -0.39 is 5.91 Å². The normalized spacial score (nSPS) is 18.1. The van der Waals surface area contributed by atoms with Crippen LogP contribution >= 0.6 is 27.7 Å². The fraction of sp³-hybridized carbons (Fsp3) is 0.0526. The van der Waals surface area contributed by atoms with Crippen LogP contribution < -0.4 is 0 Å². The van der Waals surface area contributed by atoms with E-state index in [1.165, 1.54) is 16.8 Å². The molecule has 7 heteroatoms. The fourth-order valence-corrected chi connectivity index (χ4v) is 4.08. The lowest BCUT2D eigenvalue weighted by Crippen LogP contribution is -2.35. The molecule has 0 atom stereocenters. The zero-order valence-corrected chi connectivity index (χ0v) is 16.1. The minimum absolute atomic E-state index is 0.0380. The average Bonchev–Trinajstić information content (AvgIpc) is 3.03. The monoisotopic (exact) mass is 424 g/mol. The highest BCUT2D eigenvalue weighted by atomic mass is 79.9. The summed E-state index contributed by atoms with van der Waals surface area (Å²) in [6.07, 6.45) is 1.67. The van der Waals surface area contributed by atoms with Crippen molar-refractivity contribution in [1.29, 1.82) is 5.41 Å². The number of hydrogen-bond donors (Lipinski definition) is 1. The number of fused-ring (bicyclic) bond motifs is 1. The van der Waals surface area contributed by atoms with Gasteiger partial charge in [0, 0.05) is 10.0 Å². The number of carbonyl (C=O) groups excluding carboxylic acids is 1. The van der Waals surface area contributed by atoms with Gasteiger partial charge >= 0.3 is 0 Å². The third-order valence-corrected chi connectivity index (χ3v) is 5.42. The largest absolute Gasteiger partial charge is 0.283 e. The van der Waals surface area contributed by atoms with Crippen LogP contribution in [0.1, 0.15) is 16.7 Å². The molecular formula is C19H13BrN4OS. The van der Waals surface area contributed by atoms with Crippen molar-refractivity contribution in [2.24, 2.45) is 10.1 Å². The molecule has 2 aromatic carbocycles. The van der Waals surface area contributed by atoms with Crippen LogP contribution in [0.2, 0.25) is 0 Å². The highest BCUT2D eigenvalue weighted by Gasteiger charge is 2.36. The Morgan fingerprint density at radius 1 is 1.19 bits per heavy atom. The second-order valence-electron chi connectivity index (χ2n) is 5.80. The standard InChI is InChI=1S/C19H13BrN4OS/c1-11-5-2-3-8-14(11)18-23-24-16(21)15(17(25)22-19(24)26-18)10-12-6-4-7-13(20)9-12/h2-10,21H,1H3/b15-10-,21-16?. The van der Waals surface area contributed by atoms with Crippen LogP contribution in [0.15, 0.2) is 68.7 Å². The van der Waals surface area contributed by atoms with Gasteiger partial charge in [0.25, 0.3) is 5.91 Å². The molecule has 0 saturated heterocycles. The molecular weight excluding hydrogens is 412 g/mol. The molecule has 0 aromatic heterocycles. The molecule has 4 rings (SSSR count). The molecule has 0 radical (unpaired) electrons. The number of aryl methyl sites for hydroxylation is 1. The number of nitrogens with zero attached hydrogens (tertiary/aromatic N) is 3. The number of nitrogens with one attached hydrogen (secondary N) is 1. The summed E-state index contributed by atoms with van der Waals surface area (Å²) in [5, 5.41) is 15.5. The number of carbonyl (C=O) groups is 1. The van der Waals surface area contributed by atoms with E-state index in [0.29, 0.717) is 5.17 Å². The van der Waals surface area contributed by atoms with E-state index in [9.17, 15) is 4.79 Å². The van der Waals surface area contributed by atoms with E-state index in [-0.39, 0.29) is 11.4 Å². The molecule has 26 heavy (non-hydrogen) atoms. The molecule has 5 nitrogen and oxygen atoms in total. The molecule has 2 aliphatic rings. The molecule has 0 bridgehead atoms. The summed E-state index contributed by atoms with van der Waals surface area (Å²) in [6, 6.07) is 15.4. The maximum Gasteiger partial charge on any atom is 0.283 e. The number of aliphatic imine (C=N–C) groups is 1. The smallest absolute Gasteiger partial charge is 0.282 e. The van der Waals surface area contributed by atoms with Gasteiger partial charge in [0.05, 0.1) is 5.57 Å². The van der Waals surface area contributed by atoms with Crippen molar-refractivity contribution in [1.82, 2.24) is 5.01 Å². The van der Waals surface area contributed by atoms with Gasteiger partial charge in [0.1, 0.15) is 5.04 Å². The summed E-state index contributed by atoms with van der Waals surface area (Å²) in [6.45, 7) is 2.01. The summed E-state index contributed by atoms with van der Waals surface area (Å²) >= 11 is 4.72. The number of amides is 1. The molecule has 0 spiro atoms. The van der Waals surface area contributed by atoms with Gasteiger partial charge in [-0.3, -0.25) is 10.2 Å². The second kappa shape index (κ2) is 6.66. The fourth-order valence-electron chi connectivity index (χ4n) is 2.68. The minimum atomic E-state index is -0.421. The van der Waals surface area contributed by atoms with Crippen LogP contribution in [-0.2, 0) is 4.79 Å². The first-order valence-electron chi connectivity index (χ1n) is 7.85. The Balaban J connectivity index is 1.72. The van der Waals surface area contributed by atoms with E-state index >= 15 is 0 Å². The first kappa shape index (κ1) is 16.9. The highest BCUT2D eigenvalue weighted by Crippen LogP contribution is 2.31. The van der Waals surface area contributed by atoms with Crippen LogP contribution in [0.4, 0.5) is 0 Å². The highest BCUT2D eigenvalue weighted by molar-refractivity contribution is 9.10. The first-order chi connectivity index (χ1) is 12.5. The van der Waals surface area contributed by atoms with Gasteiger partial charge in [-0.25, -0.2) is 0 Å². The van der Waals surface area contributed by atoms with Crippen molar-refractivity contribution in [3.05, 3.63) is 75.3 Å². The Morgan fingerprint density at radius 3 is 2.77 bits per heavy atom. The van der Waals surface area contributed by atoms with Crippen molar-refractivity contribution in [2.45, 2.75) is 6.92 Å². The number of halogens is 1. The number of hydrogen-bond acceptors (Lipinski definition) is 4. The molecule has 2 aliphatic heterocycles. The average molecular weight is 425 g/mol. The predicted octanol–water partition coefficient (Wildman–Crippen LogP) is 4.42. The number of thioether (sulfide) groups is 1. The molecule has 128 valence electrons. The lowest BCUT2D eigenvalue weighted by molar-refractivity contribution is -0.114. The Bertz CT molecular complexity index is 1040. The number of benzene rings is 2. The number of amidine groups is 2. The zero-order valence-electron chi connectivity index (χ0n) is 13.7. The molecule has 0 unspecified atom stereocenters. The van der Waals surface area contributed by atoms with Crippen LogP contribution in [0, 0.1) is 12.3 Å². The Labute approximate surface area is 163 Å². The molecule has 1 N–H and O–H groups in total. The van der Waals surface area contributed by atoms with E-state index in [0.717, 1.165) is 26.2 Å². The van der Waals surface area contributed by atoms with Gasteiger partial charge in [-0.1, -0.05) is 52.3 Å². The van der Waals surface area contributed by atoms with E-state index in [1.807, 2.05) is 55.5 Å². The van der Waals surface area contributed by atoms with Gasteiger partial charge in [-0.05, 0) is 48.0 Å². The number of rotatable bonds is 2. The second-order valence-corrected chi connectivity index (χ2v) is 7.67. The molecule has 1 amide bonds. The van der Waals surface area contributed by atoms with Crippen molar-refractivity contribution >= 4 is 55.7 Å². The van der Waals surface area contributed by atoms with E-state index in [4.69, 9.17) is 5.41 Å². The van der Waals surface area contributed by atoms with Crippen LogP contribution in [0.3, 0.4) is 0 Å². The SMILES string of the molecule is Cc1ccccc1C1=NN2C(=N)/C(=C/c3cccc(Br)c3)C(=O)N=C2S1.